The van der Waals surface area contributed by atoms with Gasteiger partial charge in [0.2, 0.25) is 0 Å². The van der Waals surface area contributed by atoms with E-state index in [0.29, 0.717) is 42.2 Å². The van der Waals surface area contributed by atoms with Gasteiger partial charge in [-0.1, -0.05) is 36.4 Å². The maximum Gasteiger partial charge on any atom is 0.271 e. The van der Waals surface area contributed by atoms with Gasteiger partial charge in [0.1, 0.15) is 17.5 Å². The molecule has 0 unspecified atom stereocenters. The van der Waals surface area contributed by atoms with Gasteiger partial charge in [-0.3, -0.25) is 4.79 Å². The van der Waals surface area contributed by atoms with Crippen molar-refractivity contribution in [1.29, 1.82) is 5.26 Å². The Labute approximate surface area is 185 Å². The largest absolute Gasteiger partial charge is 0.382 e. The monoisotopic (exact) mass is 425 g/mol. The van der Waals surface area contributed by atoms with Crippen molar-refractivity contribution in [1.82, 2.24) is 24.9 Å². The SMILES string of the molecule is Cc1cc(C(=O)NCCCc2nn(-c3ccccc3)c(N)c2C#N)nn1-c1ccccc1. The van der Waals surface area contributed by atoms with Gasteiger partial charge >= 0.3 is 0 Å². The number of anilines is 1. The van der Waals surface area contributed by atoms with Gasteiger partial charge in [-0.05, 0) is 50.1 Å². The van der Waals surface area contributed by atoms with E-state index in [0.717, 1.165) is 17.1 Å². The lowest BCUT2D eigenvalue weighted by Gasteiger charge is -2.04. The molecule has 0 aliphatic carbocycles. The summed E-state index contributed by atoms with van der Waals surface area (Å²) in [5, 5.41) is 21.3. The quantitative estimate of drug-likeness (QED) is 0.441. The molecule has 1 amide bonds. The minimum Gasteiger partial charge on any atom is -0.382 e. The van der Waals surface area contributed by atoms with Gasteiger partial charge in [0.05, 0.1) is 17.1 Å². The second-order valence-corrected chi connectivity index (χ2v) is 7.34. The molecule has 2 aromatic carbocycles. The number of hydrogen-bond acceptors (Lipinski definition) is 5. The number of benzene rings is 2. The lowest BCUT2D eigenvalue weighted by molar-refractivity contribution is 0.0948. The van der Waals surface area contributed by atoms with Crippen LogP contribution < -0.4 is 11.1 Å². The first-order valence-corrected chi connectivity index (χ1v) is 10.3. The fourth-order valence-electron chi connectivity index (χ4n) is 3.51. The molecule has 4 rings (SSSR count). The Morgan fingerprint density at radius 3 is 2.28 bits per heavy atom. The first-order valence-electron chi connectivity index (χ1n) is 10.3. The summed E-state index contributed by atoms with van der Waals surface area (Å²) < 4.78 is 3.32. The Morgan fingerprint density at radius 2 is 1.66 bits per heavy atom. The number of aromatic nitrogens is 4. The number of rotatable bonds is 7. The van der Waals surface area contributed by atoms with Crippen LogP contribution in [0.3, 0.4) is 0 Å². The number of carbonyl (C=O) groups excluding carboxylic acids is 1. The van der Waals surface area contributed by atoms with Crippen LogP contribution in [-0.2, 0) is 6.42 Å². The molecule has 0 aliphatic rings. The van der Waals surface area contributed by atoms with Crippen molar-refractivity contribution in [3.8, 4) is 17.4 Å². The summed E-state index contributed by atoms with van der Waals surface area (Å²) in [4.78, 5) is 12.5. The maximum atomic E-state index is 12.5. The van der Waals surface area contributed by atoms with Gasteiger partial charge in [-0.15, -0.1) is 0 Å². The van der Waals surface area contributed by atoms with Crippen LogP contribution in [0.1, 0.15) is 33.9 Å². The van der Waals surface area contributed by atoms with Crippen LogP contribution in [0.4, 0.5) is 5.82 Å². The van der Waals surface area contributed by atoms with Crippen molar-refractivity contribution in [3.63, 3.8) is 0 Å². The highest BCUT2D eigenvalue weighted by Crippen LogP contribution is 2.21. The number of nitrogens with two attached hydrogens (primary N) is 1. The molecule has 2 heterocycles. The van der Waals surface area contributed by atoms with E-state index in [9.17, 15) is 10.1 Å². The van der Waals surface area contributed by atoms with Gasteiger partial charge in [-0.2, -0.15) is 15.5 Å². The van der Waals surface area contributed by atoms with Crippen molar-refractivity contribution in [2.75, 3.05) is 12.3 Å². The van der Waals surface area contributed by atoms with Gasteiger partial charge in [-0.25, -0.2) is 9.36 Å². The normalized spacial score (nSPS) is 10.6. The molecule has 32 heavy (non-hydrogen) atoms. The average Bonchev–Trinajstić information content (AvgIpc) is 3.37. The Kier molecular flexibility index (Phi) is 5.99. The van der Waals surface area contributed by atoms with Crippen LogP contribution in [0.2, 0.25) is 0 Å². The highest BCUT2D eigenvalue weighted by Gasteiger charge is 2.17. The number of carbonyl (C=O) groups is 1. The standard InChI is InChI=1S/C24H23N7O/c1-17-15-22(29-30(17)18-9-4-2-5-10-18)24(32)27-14-8-13-21-20(16-25)23(26)31(28-21)19-11-6-3-7-12-19/h2-7,9-12,15H,8,13-14,26H2,1H3,(H,27,32). The molecule has 8 nitrogen and oxygen atoms in total. The molecule has 2 aromatic heterocycles. The van der Waals surface area contributed by atoms with Crippen LogP contribution in [0, 0.1) is 18.3 Å². The first-order chi connectivity index (χ1) is 15.6. The lowest BCUT2D eigenvalue weighted by Crippen LogP contribution is -2.25. The zero-order valence-corrected chi connectivity index (χ0v) is 17.7. The third kappa shape index (κ3) is 4.23. The van der Waals surface area contributed by atoms with Gasteiger partial charge in [0.15, 0.2) is 5.69 Å². The summed E-state index contributed by atoms with van der Waals surface area (Å²) in [5.41, 5.74) is 10.1. The zero-order valence-electron chi connectivity index (χ0n) is 17.7. The number of nitrogen functional groups attached to an aromatic ring is 1. The van der Waals surface area contributed by atoms with E-state index < -0.39 is 0 Å². The Hall–Kier alpha value is -4.38. The molecule has 8 heteroatoms. The summed E-state index contributed by atoms with van der Waals surface area (Å²) in [6, 6.07) is 23.0. The summed E-state index contributed by atoms with van der Waals surface area (Å²) in [5.74, 6) is 0.0808. The third-order valence-corrected chi connectivity index (χ3v) is 5.10. The van der Waals surface area contributed by atoms with Crippen molar-refractivity contribution < 1.29 is 4.79 Å². The number of nitriles is 1. The van der Waals surface area contributed by atoms with Crippen molar-refractivity contribution >= 4 is 11.7 Å². The van der Waals surface area contributed by atoms with Crippen LogP contribution in [0.5, 0.6) is 0 Å². The van der Waals surface area contributed by atoms with Crippen molar-refractivity contribution in [3.05, 3.63) is 89.4 Å². The molecular formula is C24H23N7O. The van der Waals surface area contributed by atoms with E-state index in [4.69, 9.17) is 5.73 Å². The molecule has 0 atom stereocenters. The van der Waals surface area contributed by atoms with E-state index >= 15 is 0 Å². The van der Waals surface area contributed by atoms with Gasteiger partial charge in [0, 0.05) is 12.2 Å². The van der Waals surface area contributed by atoms with E-state index in [2.05, 4.69) is 21.6 Å². The van der Waals surface area contributed by atoms with Crippen LogP contribution in [0.25, 0.3) is 11.4 Å². The molecule has 0 saturated carbocycles. The third-order valence-electron chi connectivity index (χ3n) is 5.10. The van der Waals surface area contributed by atoms with E-state index in [1.807, 2.05) is 67.6 Å². The molecule has 0 spiro atoms. The Balaban J connectivity index is 1.38. The second kappa shape index (κ2) is 9.18. The summed E-state index contributed by atoms with van der Waals surface area (Å²) >= 11 is 0. The summed E-state index contributed by atoms with van der Waals surface area (Å²) in [6.07, 6.45) is 1.13. The maximum absolute atomic E-state index is 12.5. The molecule has 0 bridgehead atoms. The van der Waals surface area contributed by atoms with Crippen LogP contribution >= 0.6 is 0 Å². The van der Waals surface area contributed by atoms with Gasteiger partial charge < -0.3 is 11.1 Å². The number of nitrogens with one attached hydrogen (secondary N) is 1. The van der Waals surface area contributed by atoms with E-state index in [-0.39, 0.29) is 5.91 Å². The number of amides is 1. The summed E-state index contributed by atoms with van der Waals surface area (Å²) in [7, 11) is 0. The van der Waals surface area contributed by atoms with Crippen LogP contribution in [-0.4, -0.2) is 32.0 Å². The van der Waals surface area contributed by atoms with Crippen molar-refractivity contribution in [2.24, 2.45) is 0 Å². The number of aryl methyl sites for hydroxylation is 2. The zero-order chi connectivity index (χ0) is 22.5. The highest BCUT2D eigenvalue weighted by molar-refractivity contribution is 5.92. The van der Waals surface area contributed by atoms with Crippen LogP contribution in [0.15, 0.2) is 66.7 Å². The van der Waals surface area contributed by atoms with E-state index in [1.54, 1.807) is 15.4 Å². The number of para-hydroxylation sites is 2. The minimum absolute atomic E-state index is 0.238. The fourth-order valence-corrected chi connectivity index (χ4v) is 3.51. The molecule has 0 radical (unpaired) electrons. The Morgan fingerprint density at radius 1 is 1.03 bits per heavy atom. The molecule has 0 saturated heterocycles. The smallest absolute Gasteiger partial charge is 0.271 e. The highest BCUT2D eigenvalue weighted by atomic mass is 16.1. The predicted molar refractivity (Wildman–Crippen MR) is 122 cm³/mol. The molecule has 3 N–H and O–H groups in total. The Bertz CT molecular complexity index is 1270. The van der Waals surface area contributed by atoms with E-state index in [1.165, 1.54) is 0 Å². The molecule has 0 fully saturated rings. The average molecular weight is 425 g/mol. The molecule has 4 aromatic rings. The number of hydrogen-bond donors (Lipinski definition) is 2. The lowest BCUT2D eigenvalue weighted by atomic mass is 10.1. The topological polar surface area (TPSA) is 115 Å². The minimum atomic E-state index is -0.238. The van der Waals surface area contributed by atoms with Crippen molar-refractivity contribution in [2.45, 2.75) is 19.8 Å². The molecular weight excluding hydrogens is 402 g/mol. The predicted octanol–water partition coefficient (Wildman–Crippen LogP) is 3.18. The number of nitrogens with zero attached hydrogens (tertiary/aromatic N) is 5. The molecule has 160 valence electrons. The fraction of sp³-hybridized carbons (Fsp3) is 0.167. The van der Waals surface area contributed by atoms with Gasteiger partial charge in [0.25, 0.3) is 5.91 Å². The molecule has 0 aliphatic heterocycles. The first kappa shape index (κ1) is 20.9. The summed E-state index contributed by atoms with van der Waals surface area (Å²) in [6.45, 7) is 2.34. The second-order valence-electron chi connectivity index (χ2n) is 7.34.